The van der Waals surface area contributed by atoms with E-state index in [0.29, 0.717) is 29.8 Å². The van der Waals surface area contributed by atoms with Crippen molar-refractivity contribution in [2.24, 2.45) is 11.7 Å². The summed E-state index contributed by atoms with van der Waals surface area (Å²) in [6.07, 6.45) is 8.09. The molecule has 0 atom stereocenters. The molecule has 0 spiro atoms. The number of hydrogen-bond donors (Lipinski definition) is 2. The van der Waals surface area contributed by atoms with E-state index < -0.39 is 16.1 Å². The molecular weight excluding hydrogens is 486 g/mol. The van der Waals surface area contributed by atoms with Crippen LogP contribution in [0.4, 0.5) is 4.79 Å². The van der Waals surface area contributed by atoms with Crippen LogP contribution in [-0.4, -0.2) is 39.3 Å². The van der Waals surface area contributed by atoms with Gasteiger partial charge in [-0.05, 0) is 58.2 Å². The molecule has 0 aliphatic heterocycles. The van der Waals surface area contributed by atoms with Crippen molar-refractivity contribution >= 4 is 27.5 Å². The molecule has 0 radical (unpaired) electrons. The molecule has 2 aromatic rings. The molecule has 0 bridgehead atoms. The van der Waals surface area contributed by atoms with Gasteiger partial charge in [0, 0.05) is 23.7 Å². The van der Waals surface area contributed by atoms with E-state index in [-0.39, 0.29) is 11.0 Å². The Bertz CT molecular complexity index is 1050. The highest BCUT2D eigenvalue weighted by Crippen LogP contribution is 2.39. The zero-order chi connectivity index (χ0) is 26.0. The Kier molecular flexibility index (Phi) is 11.5. The van der Waals surface area contributed by atoms with E-state index in [1.807, 2.05) is 18.3 Å². The van der Waals surface area contributed by atoms with Crippen molar-refractivity contribution in [3.05, 3.63) is 29.4 Å². The first-order valence-electron chi connectivity index (χ1n) is 12.2. The van der Waals surface area contributed by atoms with Gasteiger partial charge in [-0.1, -0.05) is 33.1 Å². The lowest BCUT2D eigenvalue weighted by Crippen LogP contribution is -2.19. The van der Waals surface area contributed by atoms with E-state index in [4.69, 9.17) is 4.74 Å². The van der Waals surface area contributed by atoms with Crippen molar-refractivity contribution in [3.8, 4) is 16.2 Å². The third kappa shape index (κ3) is 9.42. The van der Waals surface area contributed by atoms with Gasteiger partial charge in [0.2, 0.25) is 10.0 Å². The van der Waals surface area contributed by atoms with Crippen LogP contribution in [0, 0.1) is 5.92 Å². The smallest absolute Gasteiger partial charge is 0.404 e. The van der Waals surface area contributed by atoms with Crippen molar-refractivity contribution in [3.63, 3.8) is 0 Å². The number of ether oxygens (including phenoxy) is 2. The second kappa shape index (κ2) is 13.8. The van der Waals surface area contributed by atoms with Gasteiger partial charge in [0.25, 0.3) is 0 Å². The lowest BCUT2D eigenvalue weighted by atomic mass is 9.90. The van der Waals surface area contributed by atoms with E-state index in [1.165, 1.54) is 39.2 Å². The van der Waals surface area contributed by atoms with Crippen molar-refractivity contribution in [1.29, 1.82) is 0 Å². The number of hydrogen-bond acceptors (Lipinski definition) is 7. The first-order valence-corrected chi connectivity index (χ1v) is 14.5. The van der Waals surface area contributed by atoms with Gasteiger partial charge in [-0.25, -0.2) is 22.9 Å². The molecule has 1 aromatic carbocycles. The molecule has 1 fully saturated rings. The number of amides is 1. The molecule has 8 nitrogen and oxygen atoms in total. The Balaban J connectivity index is 0.000000540. The van der Waals surface area contributed by atoms with Crippen LogP contribution in [-0.2, 0) is 14.8 Å². The van der Waals surface area contributed by atoms with E-state index in [2.05, 4.69) is 34.0 Å². The lowest BCUT2D eigenvalue weighted by molar-refractivity contribution is 0.125. The molecule has 1 aliphatic rings. The van der Waals surface area contributed by atoms with E-state index in [1.54, 1.807) is 31.3 Å². The molecular formula is C25H39N3O5S2. The standard InChI is InChI=1S/C21H30N2O3S2.C4H9NO2/c1-15(2)11-12-26-17-9-10-18(20(13-17)28(24,25)22-3)19-14-23-21(27-19)16-7-5-4-6-8-16;1-3(2)7-4(5)6/h9-10,13-16,22H,4-8,11-12H2,1-3H3;3H,1-2H3,(H2,5,6). The van der Waals surface area contributed by atoms with E-state index >= 15 is 0 Å². The third-order valence-corrected chi connectivity index (χ3v) is 8.22. The summed E-state index contributed by atoms with van der Waals surface area (Å²) < 4.78 is 37.9. The molecule has 10 heteroatoms. The van der Waals surface area contributed by atoms with Crippen LogP contribution in [0.25, 0.3) is 10.4 Å². The average molecular weight is 526 g/mol. The lowest BCUT2D eigenvalue weighted by Gasteiger charge is -2.18. The summed E-state index contributed by atoms with van der Waals surface area (Å²) in [5.41, 5.74) is 5.32. The van der Waals surface area contributed by atoms with Gasteiger partial charge < -0.3 is 15.2 Å². The van der Waals surface area contributed by atoms with Gasteiger partial charge in [-0.15, -0.1) is 11.3 Å². The second-order valence-electron chi connectivity index (χ2n) is 9.28. The number of benzene rings is 1. The van der Waals surface area contributed by atoms with Crippen molar-refractivity contribution < 1.29 is 22.7 Å². The summed E-state index contributed by atoms with van der Waals surface area (Å²) in [5, 5.41) is 1.12. The van der Waals surface area contributed by atoms with Crippen LogP contribution >= 0.6 is 11.3 Å². The predicted molar refractivity (Wildman–Crippen MR) is 140 cm³/mol. The number of aromatic nitrogens is 1. The largest absolute Gasteiger partial charge is 0.494 e. The summed E-state index contributed by atoms with van der Waals surface area (Å²) in [6.45, 7) is 8.33. The normalized spacial score (nSPS) is 14.5. The average Bonchev–Trinajstić information content (AvgIpc) is 3.29. The highest BCUT2D eigenvalue weighted by atomic mass is 32.2. The van der Waals surface area contributed by atoms with Gasteiger partial charge in [-0.3, -0.25) is 0 Å². The van der Waals surface area contributed by atoms with E-state index in [9.17, 15) is 13.2 Å². The zero-order valence-corrected chi connectivity index (χ0v) is 23.0. The molecule has 3 N–H and O–H groups in total. The Hall–Kier alpha value is -2.17. The molecule has 196 valence electrons. The molecule has 1 aliphatic carbocycles. The van der Waals surface area contributed by atoms with Gasteiger partial charge >= 0.3 is 6.09 Å². The van der Waals surface area contributed by atoms with Crippen LogP contribution in [0.15, 0.2) is 29.3 Å². The highest BCUT2D eigenvalue weighted by molar-refractivity contribution is 7.89. The Morgan fingerprint density at radius 2 is 1.89 bits per heavy atom. The number of carbonyl (C=O) groups is 1. The summed E-state index contributed by atoms with van der Waals surface area (Å²) in [6, 6.07) is 5.32. The molecule has 1 aromatic heterocycles. The van der Waals surface area contributed by atoms with Gasteiger partial charge in [0.1, 0.15) is 5.75 Å². The Morgan fingerprint density at radius 3 is 2.43 bits per heavy atom. The number of rotatable bonds is 9. The molecule has 35 heavy (non-hydrogen) atoms. The number of thiazole rings is 1. The number of nitrogens with two attached hydrogens (primary N) is 1. The molecule has 0 saturated heterocycles. The van der Waals surface area contributed by atoms with Gasteiger partial charge in [0.05, 0.1) is 27.5 Å². The summed E-state index contributed by atoms with van der Waals surface area (Å²) in [5.74, 6) is 1.63. The maximum atomic E-state index is 12.7. The maximum Gasteiger partial charge on any atom is 0.404 e. The molecule has 1 amide bonds. The van der Waals surface area contributed by atoms with Crippen LogP contribution in [0.2, 0.25) is 0 Å². The minimum atomic E-state index is -3.61. The molecule has 1 saturated carbocycles. The fourth-order valence-corrected chi connectivity index (χ4v) is 5.87. The third-order valence-electron chi connectivity index (χ3n) is 5.57. The Labute approximate surface area is 213 Å². The minimum absolute atomic E-state index is 0.0995. The Morgan fingerprint density at radius 1 is 1.20 bits per heavy atom. The van der Waals surface area contributed by atoms with E-state index in [0.717, 1.165) is 16.3 Å². The fraction of sp³-hybridized carbons (Fsp3) is 0.600. The SMILES string of the molecule is CC(C)OC(N)=O.CNS(=O)(=O)c1cc(OCCC(C)C)ccc1-c1cnc(C2CCCCC2)s1. The fourth-order valence-electron chi connectivity index (χ4n) is 3.72. The summed E-state index contributed by atoms with van der Waals surface area (Å²) in [4.78, 5) is 15.6. The molecule has 3 rings (SSSR count). The number of nitrogens with zero attached hydrogens (tertiary/aromatic N) is 1. The first-order chi connectivity index (χ1) is 16.5. The van der Waals surface area contributed by atoms with Crippen LogP contribution in [0.1, 0.15) is 77.1 Å². The molecule has 0 unspecified atom stereocenters. The number of nitrogens with one attached hydrogen (secondary N) is 1. The van der Waals surface area contributed by atoms with Crippen LogP contribution in [0.5, 0.6) is 5.75 Å². The summed E-state index contributed by atoms with van der Waals surface area (Å²) >= 11 is 1.62. The first kappa shape index (κ1) is 29.1. The van der Waals surface area contributed by atoms with Crippen LogP contribution in [0.3, 0.4) is 0 Å². The topological polar surface area (TPSA) is 121 Å². The maximum absolute atomic E-state index is 12.7. The van der Waals surface area contributed by atoms with Crippen molar-refractivity contribution in [2.45, 2.75) is 83.1 Å². The number of primary amides is 1. The van der Waals surface area contributed by atoms with Crippen molar-refractivity contribution in [1.82, 2.24) is 9.71 Å². The summed E-state index contributed by atoms with van der Waals surface area (Å²) in [7, 11) is -2.17. The highest BCUT2D eigenvalue weighted by Gasteiger charge is 2.23. The van der Waals surface area contributed by atoms with Gasteiger partial charge in [-0.2, -0.15) is 0 Å². The number of sulfonamides is 1. The number of carbonyl (C=O) groups excluding carboxylic acids is 1. The molecule has 1 heterocycles. The second-order valence-corrected chi connectivity index (χ2v) is 12.2. The quantitative estimate of drug-likeness (QED) is 0.434. The minimum Gasteiger partial charge on any atom is -0.494 e. The van der Waals surface area contributed by atoms with Crippen molar-refractivity contribution in [2.75, 3.05) is 13.7 Å². The van der Waals surface area contributed by atoms with Gasteiger partial charge in [0.15, 0.2) is 0 Å². The predicted octanol–water partition coefficient (Wildman–Crippen LogP) is 5.68. The zero-order valence-electron chi connectivity index (χ0n) is 21.4. The van der Waals surface area contributed by atoms with Crippen LogP contribution < -0.4 is 15.2 Å². The monoisotopic (exact) mass is 525 g/mol.